The lowest BCUT2D eigenvalue weighted by Crippen LogP contribution is -2.43. The Balaban J connectivity index is 4.46. The molecular formula is C10H18F3NO2. The van der Waals surface area contributed by atoms with E-state index in [0.29, 0.717) is 6.42 Å². The predicted octanol–water partition coefficient (Wildman–Crippen LogP) is 2.37. The van der Waals surface area contributed by atoms with Gasteiger partial charge in [-0.05, 0) is 19.3 Å². The van der Waals surface area contributed by atoms with Crippen molar-refractivity contribution >= 4 is 5.97 Å². The van der Waals surface area contributed by atoms with Gasteiger partial charge in [-0.15, -0.1) is 0 Å². The zero-order valence-corrected chi connectivity index (χ0v) is 9.71. The predicted molar refractivity (Wildman–Crippen MR) is 54.2 cm³/mol. The maximum atomic E-state index is 12.2. The van der Waals surface area contributed by atoms with Gasteiger partial charge in [0.05, 0.1) is 13.1 Å². The van der Waals surface area contributed by atoms with Crippen LogP contribution in [0.4, 0.5) is 13.2 Å². The molecule has 96 valence electrons. The summed E-state index contributed by atoms with van der Waals surface area (Å²) in [5, 5.41) is 8.55. The molecule has 6 heteroatoms. The summed E-state index contributed by atoms with van der Waals surface area (Å²) in [4.78, 5) is 11.4. The average Bonchev–Trinajstić information content (AvgIpc) is 1.97. The van der Waals surface area contributed by atoms with Crippen molar-refractivity contribution in [2.24, 2.45) is 5.92 Å². The normalized spacial score (nSPS) is 14.5. The number of carboxylic acids is 1. The number of alkyl halides is 3. The van der Waals surface area contributed by atoms with Gasteiger partial charge in [-0.2, -0.15) is 13.2 Å². The molecule has 0 radical (unpaired) electrons. The molecule has 0 aliphatic rings. The molecule has 0 rings (SSSR count). The van der Waals surface area contributed by atoms with Crippen molar-refractivity contribution in [3.63, 3.8) is 0 Å². The topological polar surface area (TPSA) is 40.5 Å². The fourth-order valence-corrected chi connectivity index (χ4v) is 1.60. The Morgan fingerprint density at radius 3 is 2.12 bits per heavy atom. The molecule has 0 bridgehead atoms. The summed E-state index contributed by atoms with van der Waals surface area (Å²) < 4.78 is 36.7. The molecule has 0 spiro atoms. The standard InChI is InChI=1S/C10H18F3NO2/c1-7(2)4-8(3)14(5-9(15)16)6-10(11,12)13/h7-8H,4-6H2,1-3H3,(H,15,16). The van der Waals surface area contributed by atoms with Crippen molar-refractivity contribution in [3.05, 3.63) is 0 Å². The Kier molecular flexibility index (Phi) is 5.78. The van der Waals surface area contributed by atoms with Crippen LogP contribution in [-0.4, -0.2) is 41.3 Å². The number of nitrogens with zero attached hydrogens (tertiary/aromatic N) is 1. The van der Waals surface area contributed by atoms with Crippen molar-refractivity contribution in [1.29, 1.82) is 0 Å². The van der Waals surface area contributed by atoms with Gasteiger partial charge in [0.15, 0.2) is 0 Å². The van der Waals surface area contributed by atoms with Crippen LogP contribution in [0, 0.1) is 5.92 Å². The highest BCUT2D eigenvalue weighted by Gasteiger charge is 2.33. The molecule has 3 nitrogen and oxygen atoms in total. The van der Waals surface area contributed by atoms with Crippen LogP contribution >= 0.6 is 0 Å². The van der Waals surface area contributed by atoms with Gasteiger partial charge in [-0.3, -0.25) is 9.69 Å². The molecular weight excluding hydrogens is 223 g/mol. The Hall–Kier alpha value is -0.780. The van der Waals surface area contributed by atoms with Crippen molar-refractivity contribution in [2.45, 2.75) is 39.4 Å². The highest BCUT2D eigenvalue weighted by atomic mass is 19.4. The molecule has 16 heavy (non-hydrogen) atoms. The van der Waals surface area contributed by atoms with Crippen LogP contribution in [-0.2, 0) is 4.79 Å². The molecule has 1 atom stereocenters. The third-order valence-corrected chi connectivity index (χ3v) is 2.16. The third-order valence-electron chi connectivity index (χ3n) is 2.16. The van der Waals surface area contributed by atoms with Crippen molar-refractivity contribution < 1.29 is 23.1 Å². The first kappa shape index (κ1) is 15.2. The summed E-state index contributed by atoms with van der Waals surface area (Å²) in [6, 6.07) is -0.391. The molecule has 0 aromatic heterocycles. The lowest BCUT2D eigenvalue weighted by Gasteiger charge is -2.29. The number of rotatable bonds is 6. The van der Waals surface area contributed by atoms with E-state index < -0.39 is 31.3 Å². The van der Waals surface area contributed by atoms with E-state index >= 15 is 0 Å². The van der Waals surface area contributed by atoms with Crippen LogP contribution in [0.1, 0.15) is 27.2 Å². The molecule has 0 fully saturated rings. The minimum atomic E-state index is -4.36. The van der Waals surface area contributed by atoms with Gasteiger partial charge in [-0.25, -0.2) is 0 Å². The van der Waals surface area contributed by atoms with E-state index in [1.807, 2.05) is 13.8 Å². The molecule has 0 saturated carbocycles. The lowest BCUT2D eigenvalue weighted by molar-refractivity contribution is -0.158. The SMILES string of the molecule is CC(C)CC(C)N(CC(=O)O)CC(F)(F)F. The van der Waals surface area contributed by atoms with Crippen molar-refractivity contribution in [2.75, 3.05) is 13.1 Å². The summed E-state index contributed by atoms with van der Waals surface area (Å²) in [6.07, 6.45) is -3.82. The van der Waals surface area contributed by atoms with E-state index in [-0.39, 0.29) is 5.92 Å². The van der Waals surface area contributed by atoms with Crippen LogP contribution < -0.4 is 0 Å². The van der Waals surface area contributed by atoms with Gasteiger partial charge in [0.25, 0.3) is 0 Å². The fraction of sp³-hybridized carbons (Fsp3) is 0.900. The van der Waals surface area contributed by atoms with Crippen LogP contribution in [0.2, 0.25) is 0 Å². The van der Waals surface area contributed by atoms with Crippen LogP contribution in [0.5, 0.6) is 0 Å². The van der Waals surface area contributed by atoms with E-state index in [1.54, 1.807) is 6.92 Å². The Labute approximate surface area is 93.2 Å². The molecule has 0 aliphatic carbocycles. The zero-order chi connectivity index (χ0) is 12.9. The molecule has 1 N–H and O–H groups in total. The number of hydrogen-bond acceptors (Lipinski definition) is 2. The van der Waals surface area contributed by atoms with Gasteiger partial charge < -0.3 is 5.11 Å². The summed E-state index contributed by atoms with van der Waals surface area (Å²) in [5.74, 6) is -1.00. The second-order valence-corrected chi connectivity index (χ2v) is 4.39. The minimum absolute atomic E-state index is 0.236. The van der Waals surface area contributed by atoms with E-state index in [1.165, 1.54) is 0 Å². The summed E-state index contributed by atoms with van der Waals surface area (Å²) in [7, 11) is 0. The zero-order valence-electron chi connectivity index (χ0n) is 9.71. The van der Waals surface area contributed by atoms with Crippen molar-refractivity contribution in [3.8, 4) is 0 Å². The van der Waals surface area contributed by atoms with E-state index in [2.05, 4.69) is 0 Å². The molecule has 1 unspecified atom stereocenters. The largest absolute Gasteiger partial charge is 0.480 e. The highest BCUT2D eigenvalue weighted by molar-refractivity contribution is 5.69. The van der Waals surface area contributed by atoms with Crippen LogP contribution in [0.15, 0.2) is 0 Å². The van der Waals surface area contributed by atoms with Gasteiger partial charge in [0.2, 0.25) is 0 Å². The maximum Gasteiger partial charge on any atom is 0.401 e. The lowest BCUT2D eigenvalue weighted by atomic mass is 10.0. The summed E-state index contributed by atoms with van der Waals surface area (Å²) in [5.41, 5.74) is 0. The first-order valence-corrected chi connectivity index (χ1v) is 5.14. The number of aliphatic carboxylic acids is 1. The van der Waals surface area contributed by atoms with Crippen LogP contribution in [0.25, 0.3) is 0 Å². The number of carboxylic acid groups (broad SMARTS) is 1. The fourth-order valence-electron chi connectivity index (χ4n) is 1.60. The average molecular weight is 241 g/mol. The maximum absolute atomic E-state index is 12.2. The quantitative estimate of drug-likeness (QED) is 0.776. The number of hydrogen-bond donors (Lipinski definition) is 1. The molecule has 0 saturated heterocycles. The van der Waals surface area contributed by atoms with E-state index in [0.717, 1.165) is 4.90 Å². The van der Waals surface area contributed by atoms with Crippen molar-refractivity contribution in [1.82, 2.24) is 4.90 Å². The minimum Gasteiger partial charge on any atom is -0.480 e. The molecule has 0 aromatic carbocycles. The Morgan fingerprint density at radius 2 is 1.81 bits per heavy atom. The smallest absolute Gasteiger partial charge is 0.401 e. The number of halogens is 3. The Morgan fingerprint density at radius 1 is 1.31 bits per heavy atom. The first-order valence-electron chi connectivity index (χ1n) is 5.14. The Bertz CT molecular complexity index is 229. The van der Waals surface area contributed by atoms with Gasteiger partial charge in [0, 0.05) is 6.04 Å². The van der Waals surface area contributed by atoms with Gasteiger partial charge >= 0.3 is 12.1 Å². The van der Waals surface area contributed by atoms with Gasteiger partial charge in [-0.1, -0.05) is 13.8 Å². The van der Waals surface area contributed by atoms with Gasteiger partial charge in [0.1, 0.15) is 0 Å². The monoisotopic (exact) mass is 241 g/mol. The highest BCUT2D eigenvalue weighted by Crippen LogP contribution is 2.20. The van der Waals surface area contributed by atoms with E-state index in [9.17, 15) is 18.0 Å². The molecule has 0 aromatic rings. The number of carbonyl (C=O) groups is 1. The first-order chi connectivity index (χ1) is 7.11. The van der Waals surface area contributed by atoms with Crippen LogP contribution in [0.3, 0.4) is 0 Å². The molecule has 0 amide bonds. The summed E-state index contributed by atoms with van der Waals surface area (Å²) in [6.45, 7) is 3.65. The second-order valence-electron chi connectivity index (χ2n) is 4.39. The molecule has 0 aliphatic heterocycles. The molecule has 0 heterocycles. The third kappa shape index (κ3) is 7.50. The van der Waals surface area contributed by atoms with E-state index in [4.69, 9.17) is 5.11 Å². The summed E-state index contributed by atoms with van der Waals surface area (Å²) >= 11 is 0. The second kappa shape index (κ2) is 6.08.